The van der Waals surface area contributed by atoms with Gasteiger partial charge in [-0.25, -0.2) is 0 Å². The van der Waals surface area contributed by atoms with Gasteiger partial charge in [0.2, 0.25) is 0 Å². The molecule has 0 aliphatic carbocycles. The van der Waals surface area contributed by atoms with E-state index in [0.717, 1.165) is 25.9 Å². The maximum absolute atomic E-state index is 11.0. The van der Waals surface area contributed by atoms with Crippen molar-refractivity contribution in [1.29, 1.82) is 0 Å². The summed E-state index contributed by atoms with van der Waals surface area (Å²) in [6, 6.07) is 8.20. The SMILES string of the molecule is C[C@H](C[C@H](O)[C@@H](N)CC(C)(C)CCN1CCCc2ccccc21)C(=O)O. The number of aliphatic hydroxyl groups excluding tert-OH is 1. The third-order valence-corrected chi connectivity index (χ3v) is 5.56. The molecular formula is C21H34N2O3. The first kappa shape index (κ1) is 20.7. The van der Waals surface area contributed by atoms with Crippen LogP contribution in [0.4, 0.5) is 5.69 Å². The van der Waals surface area contributed by atoms with E-state index in [0.29, 0.717) is 6.42 Å². The van der Waals surface area contributed by atoms with Crippen LogP contribution in [-0.2, 0) is 11.2 Å². The lowest BCUT2D eigenvalue weighted by Crippen LogP contribution is -2.41. The minimum atomic E-state index is -0.890. The molecule has 4 N–H and O–H groups in total. The monoisotopic (exact) mass is 362 g/mol. The first-order valence-electron chi connectivity index (χ1n) is 9.69. The number of nitrogens with zero attached hydrogens (tertiary/aromatic N) is 1. The summed E-state index contributed by atoms with van der Waals surface area (Å²) in [4.78, 5) is 13.4. The van der Waals surface area contributed by atoms with Crippen molar-refractivity contribution in [2.75, 3.05) is 18.0 Å². The van der Waals surface area contributed by atoms with Crippen molar-refractivity contribution in [2.45, 2.75) is 65.0 Å². The van der Waals surface area contributed by atoms with Crippen LogP contribution < -0.4 is 10.6 Å². The molecule has 0 saturated carbocycles. The number of carboxylic acids is 1. The molecule has 0 spiro atoms. The van der Waals surface area contributed by atoms with Crippen molar-refractivity contribution in [3.63, 3.8) is 0 Å². The van der Waals surface area contributed by atoms with E-state index in [-0.39, 0.29) is 11.8 Å². The Morgan fingerprint density at radius 1 is 1.35 bits per heavy atom. The molecule has 0 saturated heterocycles. The second-order valence-electron chi connectivity index (χ2n) is 8.54. The highest BCUT2D eigenvalue weighted by Gasteiger charge is 2.28. The van der Waals surface area contributed by atoms with Crippen LogP contribution in [-0.4, -0.2) is 41.4 Å². The van der Waals surface area contributed by atoms with Crippen LogP contribution >= 0.6 is 0 Å². The molecule has 26 heavy (non-hydrogen) atoms. The number of carbonyl (C=O) groups is 1. The van der Waals surface area contributed by atoms with Gasteiger partial charge in [-0.3, -0.25) is 4.79 Å². The zero-order valence-corrected chi connectivity index (χ0v) is 16.3. The smallest absolute Gasteiger partial charge is 0.306 e. The lowest BCUT2D eigenvalue weighted by atomic mass is 9.80. The van der Waals surface area contributed by atoms with Crippen molar-refractivity contribution in [1.82, 2.24) is 0 Å². The van der Waals surface area contributed by atoms with Gasteiger partial charge in [-0.1, -0.05) is 39.0 Å². The number of aliphatic hydroxyl groups is 1. The molecule has 0 amide bonds. The summed E-state index contributed by atoms with van der Waals surface area (Å²) in [5, 5.41) is 19.2. The average molecular weight is 363 g/mol. The largest absolute Gasteiger partial charge is 0.481 e. The summed E-state index contributed by atoms with van der Waals surface area (Å²) < 4.78 is 0. The Kier molecular flexibility index (Phi) is 7.07. The van der Waals surface area contributed by atoms with Crippen LogP contribution in [0.5, 0.6) is 0 Å². The molecule has 1 aliphatic rings. The van der Waals surface area contributed by atoms with E-state index in [1.54, 1.807) is 6.92 Å². The first-order valence-corrected chi connectivity index (χ1v) is 9.69. The zero-order valence-electron chi connectivity index (χ0n) is 16.3. The molecule has 1 heterocycles. The van der Waals surface area contributed by atoms with Gasteiger partial charge in [-0.05, 0) is 49.1 Å². The zero-order chi connectivity index (χ0) is 19.3. The van der Waals surface area contributed by atoms with Gasteiger partial charge >= 0.3 is 5.97 Å². The van der Waals surface area contributed by atoms with Gasteiger partial charge in [-0.2, -0.15) is 0 Å². The van der Waals surface area contributed by atoms with Crippen LogP contribution in [0.25, 0.3) is 0 Å². The Morgan fingerprint density at radius 2 is 2.04 bits per heavy atom. The molecule has 0 fully saturated rings. The van der Waals surface area contributed by atoms with E-state index in [1.165, 1.54) is 17.7 Å². The predicted octanol–water partition coefficient (Wildman–Crippen LogP) is 3.04. The maximum atomic E-state index is 11.0. The fourth-order valence-corrected chi connectivity index (χ4v) is 3.80. The van der Waals surface area contributed by atoms with Gasteiger partial charge in [0.1, 0.15) is 0 Å². The summed E-state index contributed by atoms with van der Waals surface area (Å²) in [6.45, 7) is 8.01. The maximum Gasteiger partial charge on any atom is 0.306 e. The van der Waals surface area contributed by atoms with Gasteiger partial charge in [-0.15, -0.1) is 0 Å². The lowest BCUT2D eigenvalue weighted by molar-refractivity contribution is -0.142. The molecule has 1 aromatic rings. The van der Waals surface area contributed by atoms with E-state index in [4.69, 9.17) is 10.8 Å². The summed E-state index contributed by atoms with van der Waals surface area (Å²) in [5.74, 6) is -1.47. The molecule has 3 atom stereocenters. The van der Waals surface area contributed by atoms with Gasteiger partial charge in [0.25, 0.3) is 0 Å². The van der Waals surface area contributed by atoms with Crippen molar-refractivity contribution < 1.29 is 15.0 Å². The number of nitrogens with two attached hydrogens (primary N) is 1. The lowest BCUT2D eigenvalue weighted by Gasteiger charge is -2.36. The van der Waals surface area contributed by atoms with Gasteiger partial charge < -0.3 is 20.8 Å². The molecule has 146 valence electrons. The topological polar surface area (TPSA) is 86.8 Å². The summed E-state index contributed by atoms with van der Waals surface area (Å²) >= 11 is 0. The predicted molar refractivity (Wildman–Crippen MR) is 105 cm³/mol. The third-order valence-electron chi connectivity index (χ3n) is 5.56. The quantitative estimate of drug-likeness (QED) is 0.628. The molecule has 1 aromatic carbocycles. The van der Waals surface area contributed by atoms with E-state index in [1.807, 2.05) is 0 Å². The normalized spacial score (nSPS) is 18.1. The van der Waals surface area contributed by atoms with Crippen molar-refractivity contribution in [3.8, 4) is 0 Å². The van der Waals surface area contributed by atoms with Gasteiger partial charge in [0.15, 0.2) is 0 Å². The Bertz CT molecular complexity index is 603. The number of hydrogen-bond donors (Lipinski definition) is 3. The number of para-hydroxylation sites is 1. The number of hydrogen-bond acceptors (Lipinski definition) is 4. The number of carboxylic acid groups (broad SMARTS) is 1. The van der Waals surface area contributed by atoms with E-state index < -0.39 is 24.0 Å². The number of aliphatic carboxylic acids is 1. The fraction of sp³-hybridized carbons (Fsp3) is 0.667. The van der Waals surface area contributed by atoms with Crippen LogP contribution in [0.15, 0.2) is 24.3 Å². The van der Waals surface area contributed by atoms with Crippen LogP contribution in [0, 0.1) is 11.3 Å². The number of rotatable bonds is 9. The van der Waals surface area contributed by atoms with Gasteiger partial charge in [0, 0.05) is 24.8 Å². The molecular weight excluding hydrogens is 328 g/mol. The number of anilines is 1. The Balaban J connectivity index is 1.88. The van der Waals surface area contributed by atoms with E-state index in [2.05, 4.69) is 43.0 Å². The Hall–Kier alpha value is -1.59. The summed E-state index contributed by atoms with van der Waals surface area (Å²) in [6.07, 6.45) is 3.41. The standard InChI is InChI=1S/C21H34N2O3/c1-15(20(25)26)13-19(24)17(22)14-21(2,3)10-12-23-11-6-8-16-7-4-5-9-18(16)23/h4-5,7,9,15,17,19,24H,6,8,10-14,22H2,1-3H3,(H,25,26)/t15-,17+,19+/m1/s1. The molecule has 0 unspecified atom stereocenters. The van der Waals surface area contributed by atoms with Crippen molar-refractivity contribution in [2.24, 2.45) is 17.1 Å². The second kappa shape index (κ2) is 8.87. The average Bonchev–Trinajstić information content (AvgIpc) is 2.59. The molecule has 0 aromatic heterocycles. The molecule has 1 aliphatic heterocycles. The van der Waals surface area contributed by atoms with E-state index in [9.17, 15) is 9.90 Å². The Morgan fingerprint density at radius 3 is 2.73 bits per heavy atom. The highest BCUT2D eigenvalue weighted by atomic mass is 16.4. The Labute approximate surface area is 157 Å². The van der Waals surface area contributed by atoms with Gasteiger partial charge in [0.05, 0.1) is 12.0 Å². The summed E-state index contributed by atoms with van der Waals surface area (Å²) in [7, 11) is 0. The molecule has 2 rings (SSSR count). The highest BCUT2D eigenvalue weighted by molar-refractivity contribution is 5.69. The van der Waals surface area contributed by atoms with Crippen LogP contribution in [0.3, 0.4) is 0 Å². The number of benzene rings is 1. The number of fused-ring (bicyclic) bond motifs is 1. The first-order chi connectivity index (χ1) is 12.2. The van der Waals surface area contributed by atoms with Crippen molar-refractivity contribution >= 4 is 11.7 Å². The van der Waals surface area contributed by atoms with Crippen LogP contribution in [0.2, 0.25) is 0 Å². The minimum absolute atomic E-state index is 0.0146. The molecule has 5 nitrogen and oxygen atoms in total. The molecule has 0 bridgehead atoms. The van der Waals surface area contributed by atoms with Crippen molar-refractivity contribution in [3.05, 3.63) is 29.8 Å². The molecule has 0 radical (unpaired) electrons. The minimum Gasteiger partial charge on any atom is -0.481 e. The van der Waals surface area contributed by atoms with Crippen LogP contribution in [0.1, 0.15) is 52.0 Å². The molecule has 5 heteroatoms. The number of aryl methyl sites for hydroxylation is 1. The second-order valence-corrected chi connectivity index (χ2v) is 8.54. The highest BCUT2D eigenvalue weighted by Crippen LogP contribution is 2.32. The van der Waals surface area contributed by atoms with E-state index >= 15 is 0 Å². The fourth-order valence-electron chi connectivity index (χ4n) is 3.80. The summed E-state index contributed by atoms with van der Waals surface area (Å²) in [5.41, 5.74) is 8.93. The third kappa shape index (κ3) is 5.71.